The molecule has 0 atom stereocenters. The Hall–Kier alpha value is -1.58. The third kappa shape index (κ3) is 3.58. The van der Waals surface area contributed by atoms with E-state index in [1.807, 2.05) is 13.8 Å². The first-order valence-electron chi connectivity index (χ1n) is 4.92. The topological polar surface area (TPSA) is 47.0 Å². The Bertz CT molecular complexity index is 350. The highest BCUT2D eigenvalue weighted by atomic mass is 16.5. The largest absolute Gasteiger partial charge is 0.477 e. The lowest BCUT2D eigenvalue weighted by atomic mass is 10.3. The first-order valence-corrected chi connectivity index (χ1v) is 4.92. The standard InChI is InChI=1S/C11H17N3O/c1-8(2)5-6-15-10-9(3)7-13-11(12-4)14-10/h7H,1,5-6H2,2-4H3,(H,12,13,14). The highest BCUT2D eigenvalue weighted by Crippen LogP contribution is 2.15. The second-order valence-electron chi connectivity index (χ2n) is 3.49. The average molecular weight is 207 g/mol. The maximum Gasteiger partial charge on any atom is 0.225 e. The number of hydrogen-bond donors (Lipinski definition) is 1. The number of nitrogens with zero attached hydrogens (tertiary/aromatic N) is 2. The van der Waals surface area contributed by atoms with E-state index in [9.17, 15) is 0 Å². The van der Waals surface area contributed by atoms with Gasteiger partial charge < -0.3 is 10.1 Å². The number of rotatable bonds is 5. The van der Waals surface area contributed by atoms with Gasteiger partial charge in [-0.25, -0.2) is 4.98 Å². The maximum absolute atomic E-state index is 5.54. The summed E-state index contributed by atoms with van der Waals surface area (Å²) in [5.74, 6) is 1.21. The molecule has 1 N–H and O–H groups in total. The molecule has 4 heteroatoms. The molecular weight excluding hydrogens is 190 g/mol. The molecule has 0 saturated heterocycles. The summed E-state index contributed by atoms with van der Waals surface area (Å²) < 4.78 is 5.54. The van der Waals surface area contributed by atoms with E-state index in [0.717, 1.165) is 17.6 Å². The van der Waals surface area contributed by atoms with Crippen molar-refractivity contribution in [1.82, 2.24) is 9.97 Å². The molecule has 0 aliphatic heterocycles. The molecule has 4 nitrogen and oxygen atoms in total. The third-order valence-corrected chi connectivity index (χ3v) is 1.92. The number of hydrogen-bond acceptors (Lipinski definition) is 4. The molecule has 0 bridgehead atoms. The predicted molar refractivity (Wildman–Crippen MR) is 61.2 cm³/mol. The van der Waals surface area contributed by atoms with E-state index in [4.69, 9.17) is 4.74 Å². The van der Waals surface area contributed by atoms with Crippen molar-refractivity contribution in [3.8, 4) is 5.88 Å². The van der Waals surface area contributed by atoms with Crippen molar-refractivity contribution in [2.75, 3.05) is 19.0 Å². The Balaban J connectivity index is 2.62. The molecular formula is C11H17N3O. The normalized spacial score (nSPS) is 9.80. The Kier molecular flexibility index (Phi) is 4.09. The monoisotopic (exact) mass is 207 g/mol. The van der Waals surface area contributed by atoms with Crippen molar-refractivity contribution in [2.45, 2.75) is 20.3 Å². The van der Waals surface area contributed by atoms with Gasteiger partial charge in [0.25, 0.3) is 0 Å². The Morgan fingerprint density at radius 1 is 1.60 bits per heavy atom. The smallest absolute Gasteiger partial charge is 0.225 e. The van der Waals surface area contributed by atoms with Crippen LogP contribution in [-0.2, 0) is 0 Å². The van der Waals surface area contributed by atoms with E-state index in [0.29, 0.717) is 18.4 Å². The van der Waals surface area contributed by atoms with Gasteiger partial charge >= 0.3 is 0 Å². The second kappa shape index (κ2) is 5.34. The molecule has 0 amide bonds. The minimum Gasteiger partial charge on any atom is -0.477 e. The fraction of sp³-hybridized carbons (Fsp3) is 0.455. The van der Waals surface area contributed by atoms with Crippen molar-refractivity contribution >= 4 is 5.95 Å². The molecule has 1 aromatic heterocycles. The van der Waals surface area contributed by atoms with Gasteiger partial charge in [0, 0.05) is 25.2 Å². The lowest BCUT2D eigenvalue weighted by molar-refractivity contribution is 0.307. The zero-order chi connectivity index (χ0) is 11.3. The molecule has 0 aliphatic rings. The number of aryl methyl sites for hydroxylation is 1. The van der Waals surface area contributed by atoms with Crippen LogP contribution in [0.15, 0.2) is 18.3 Å². The Morgan fingerprint density at radius 2 is 2.33 bits per heavy atom. The van der Waals surface area contributed by atoms with E-state index < -0.39 is 0 Å². The van der Waals surface area contributed by atoms with Crippen molar-refractivity contribution in [1.29, 1.82) is 0 Å². The summed E-state index contributed by atoms with van der Waals surface area (Å²) in [6.07, 6.45) is 2.59. The summed E-state index contributed by atoms with van der Waals surface area (Å²) in [6, 6.07) is 0. The van der Waals surface area contributed by atoms with Gasteiger partial charge in [0.05, 0.1) is 6.61 Å². The number of ether oxygens (including phenoxy) is 1. The van der Waals surface area contributed by atoms with E-state index in [1.165, 1.54) is 0 Å². The molecule has 1 rings (SSSR count). The summed E-state index contributed by atoms with van der Waals surface area (Å²) in [4.78, 5) is 8.29. The predicted octanol–water partition coefficient (Wildman–Crippen LogP) is 2.17. The van der Waals surface area contributed by atoms with Gasteiger partial charge in [-0.15, -0.1) is 6.58 Å². The van der Waals surface area contributed by atoms with Crippen LogP contribution in [0.25, 0.3) is 0 Å². The molecule has 15 heavy (non-hydrogen) atoms. The van der Waals surface area contributed by atoms with Gasteiger partial charge in [-0.2, -0.15) is 4.98 Å². The number of nitrogens with one attached hydrogen (secondary N) is 1. The molecule has 0 fully saturated rings. The van der Waals surface area contributed by atoms with Gasteiger partial charge in [-0.3, -0.25) is 0 Å². The van der Waals surface area contributed by atoms with E-state index in [1.54, 1.807) is 13.2 Å². The summed E-state index contributed by atoms with van der Waals surface area (Å²) in [5, 5.41) is 2.87. The third-order valence-electron chi connectivity index (χ3n) is 1.92. The molecule has 82 valence electrons. The SMILES string of the molecule is C=C(C)CCOc1nc(NC)ncc1C. The van der Waals surface area contributed by atoms with Gasteiger partial charge in [0.15, 0.2) is 0 Å². The highest BCUT2D eigenvalue weighted by Gasteiger charge is 2.03. The molecule has 0 aromatic carbocycles. The number of anilines is 1. The zero-order valence-electron chi connectivity index (χ0n) is 9.50. The summed E-state index contributed by atoms with van der Waals surface area (Å²) in [6.45, 7) is 8.33. The maximum atomic E-state index is 5.54. The van der Waals surface area contributed by atoms with Crippen LogP contribution in [0.3, 0.4) is 0 Å². The molecule has 0 aliphatic carbocycles. The van der Waals surface area contributed by atoms with E-state index in [-0.39, 0.29) is 0 Å². The zero-order valence-corrected chi connectivity index (χ0v) is 9.50. The average Bonchev–Trinajstić information content (AvgIpc) is 2.20. The summed E-state index contributed by atoms with van der Waals surface area (Å²) >= 11 is 0. The van der Waals surface area contributed by atoms with Crippen LogP contribution < -0.4 is 10.1 Å². The lowest BCUT2D eigenvalue weighted by Crippen LogP contribution is -2.04. The minimum absolute atomic E-state index is 0.575. The Morgan fingerprint density at radius 3 is 2.93 bits per heavy atom. The molecule has 1 aromatic rings. The highest BCUT2D eigenvalue weighted by molar-refractivity contribution is 5.31. The molecule has 0 saturated carbocycles. The fourth-order valence-corrected chi connectivity index (χ4v) is 1.01. The quantitative estimate of drug-likeness (QED) is 0.752. The van der Waals surface area contributed by atoms with E-state index >= 15 is 0 Å². The summed E-state index contributed by atoms with van der Waals surface area (Å²) in [5.41, 5.74) is 2.05. The van der Waals surface area contributed by atoms with Crippen molar-refractivity contribution in [2.24, 2.45) is 0 Å². The lowest BCUT2D eigenvalue weighted by Gasteiger charge is -2.08. The van der Waals surface area contributed by atoms with Crippen LogP contribution in [0.2, 0.25) is 0 Å². The first kappa shape index (κ1) is 11.5. The van der Waals surface area contributed by atoms with Crippen LogP contribution >= 0.6 is 0 Å². The van der Waals surface area contributed by atoms with Crippen molar-refractivity contribution in [3.05, 3.63) is 23.9 Å². The van der Waals surface area contributed by atoms with Crippen molar-refractivity contribution < 1.29 is 4.74 Å². The van der Waals surface area contributed by atoms with Gasteiger partial charge in [0.1, 0.15) is 0 Å². The molecule has 0 unspecified atom stereocenters. The fourth-order valence-electron chi connectivity index (χ4n) is 1.01. The second-order valence-corrected chi connectivity index (χ2v) is 3.49. The van der Waals surface area contributed by atoms with Gasteiger partial charge in [-0.1, -0.05) is 5.57 Å². The minimum atomic E-state index is 0.575. The molecule has 1 heterocycles. The van der Waals surface area contributed by atoms with Crippen LogP contribution in [-0.4, -0.2) is 23.6 Å². The Labute approximate surface area is 90.4 Å². The van der Waals surface area contributed by atoms with Crippen LogP contribution in [0.5, 0.6) is 5.88 Å². The van der Waals surface area contributed by atoms with E-state index in [2.05, 4.69) is 21.9 Å². The van der Waals surface area contributed by atoms with Crippen LogP contribution in [0.1, 0.15) is 18.9 Å². The van der Waals surface area contributed by atoms with Gasteiger partial charge in [-0.05, 0) is 13.8 Å². The first-order chi connectivity index (χ1) is 7.13. The van der Waals surface area contributed by atoms with Crippen LogP contribution in [0.4, 0.5) is 5.95 Å². The molecule has 0 spiro atoms. The molecule has 0 radical (unpaired) electrons. The van der Waals surface area contributed by atoms with Crippen molar-refractivity contribution in [3.63, 3.8) is 0 Å². The van der Waals surface area contributed by atoms with Gasteiger partial charge in [0.2, 0.25) is 11.8 Å². The summed E-state index contributed by atoms with van der Waals surface area (Å²) in [7, 11) is 1.78. The van der Waals surface area contributed by atoms with Crippen LogP contribution in [0, 0.1) is 6.92 Å². The number of aromatic nitrogens is 2.